The van der Waals surface area contributed by atoms with Crippen molar-refractivity contribution >= 4 is 18.0 Å². The maximum Gasteiger partial charge on any atom is 0.408 e. The molecule has 1 aliphatic carbocycles. The van der Waals surface area contributed by atoms with Gasteiger partial charge in [-0.3, -0.25) is 9.69 Å². The van der Waals surface area contributed by atoms with Crippen molar-refractivity contribution < 1.29 is 29.0 Å². The molecular weight excluding hydrogens is 510 g/mol. The molecule has 9 nitrogen and oxygen atoms in total. The summed E-state index contributed by atoms with van der Waals surface area (Å²) in [4.78, 5) is 39.4. The number of aliphatic carboxylic acids is 1. The summed E-state index contributed by atoms with van der Waals surface area (Å²) in [7, 11) is 0. The van der Waals surface area contributed by atoms with E-state index in [1.165, 1.54) is 0 Å². The summed E-state index contributed by atoms with van der Waals surface area (Å²) in [6.07, 6.45) is -0.244. The molecule has 1 saturated heterocycles. The highest BCUT2D eigenvalue weighted by atomic mass is 16.5. The predicted molar refractivity (Wildman–Crippen MR) is 149 cm³/mol. The second kappa shape index (κ2) is 12.3. The topological polar surface area (TPSA) is 117 Å². The van der Waals surface area contributed by atoms with E-state index in [-0.39, 0.29) is 31.6 Å². The van der Waals surface area contributed by atoms with E-state index in [1.807, 2.05) is 54.6 Å². The van der Waals surface area contributed by atoms with E-state index in [0.717, 1.165) is 27.8 Å². The molecule has 9 heteroatoms. The molecule has 1 aliphatic heterocycles. The van der Waals surface area contributed by atoms with Crippen molar-refractivity contribution in [2.75, 3.05) is 39.5 Å². The Kier molecular flexibility index (Phi) is 8.42. The molecule has 1 heterocycles. The summed E-state index contributed by atoms with van der Waals surface area (Å²) in [5.41, 5.74) is 4.42. The summed E-state index contributed by atoms with van der Waals surface area (Å²) < 4.78 is 10.8. The number of nitrogens with zero attached hydrogens (tertiary/aromatic N) is 1. The first-order chi connectivity index (χ1) is 19.4. The molecule has 0 radical (unpaired) electrons. The zero-order chi connectivity index (χ0) is 28.0. The average molecular weight is 544 g/mol. The highest BCUT2D eigenvalue weighted by Gasteiger charge is 2.46. The van der Waals surface area contributed by atoms with Crippen LogP contribution < -0.4 is 10.6 Å². The normalized spacial score (nSPS) is 18.1. The van der Waals surface area contributed by atoms with E-state index in [0.29, 0.717) is 26.1 Å². The van der Waals surface area contributed by atoms with Gasteiger partial charge in [0.1, 0.15) is 18.8 Å². The van der Waals surface area contributed by atoms with E-state index < -0.39 is 24.2 Å². The molecule has 0 bridgehead atoms. The molecule has 0 saturated carbocycles. The Labute approximate surface area is 233 Å². The maximum atomic E-state index is 13.4. The summed E-state index contributed by atoms with van der Waals surface area (Å²) in [5.74, 6) is -1.52. The molecule has 5 rings (SSSR count). The minimum Gasteiger partial charge on any atom is -0.480 e. The largest absolute Gasteiger partial charge is 0.480 e. The van der Waals surface area contributed by atoms with Crippen molar-refractivity contribution in [1.29, 1.82) is 0 Å². The van der Waals surface area contributed by atoms with E-state index in [1.54, 1.807) is 0 Å². The molecule has 40 heavy (non-hydrogen) atoms. The third kappa shape index (κ3) is 6.16. The fourth-order valence-corrected chi connectivity index (χ4v) is 5.60. The van der Waals surface area contributed by atoms with Gasteiger partial charge in [0.15, 0.2) is 0 Å². The molecule has 2 aliphatic rings. The summed E-state index contributed by atoms with van der Waals surface area (Å²) in [5, 5.41) is 14.4. The van der Waals surface area contributed by atoms with E-state index in [4.69, 9.17) is 14.6 Å². The van der Waals surface area contributed by atoms with Gasteiger partial charge in [0.2, 0.25) is 5.91 Å². The number of nitrogens with one attached hydrogen (secondary N) is 2. The highest BCUT2D eigenvalue weighted by molar-refractivity contribution is 5.90. The van der Waals surface area contributed by atoms with E-state index in [2.05, 4.69) is 39.8 Å². The Bertz CT molecular complexity index is 1320. The highest BCUT2D eigenvalue weighted by Crippen LogP contribution is 2.44. The molecule has 1 fully saturated rings. The van der Waals surface area contributed by atoms with E-state index >= 15 is 0 Å². The standard InChI is InChI=1S/C31H33N3O6/c35-28(36)20-39-17-15-32-29(37)31(14-16-34(21-31)18-22-8-2-1-3-9-22)33-30(38)40-19-27-25-12-6-4-10-23(25)24-11-5-7-13-26(24)27/h1-13,27H,14-21H2,(H,32,37)(H,33,38)(H,35,36). The molecule has 208 valence electrons. The molecule has 3 N–H and O–H groups in total. The maximum absolute atomic E-state index is 13.4. The number of hydrogen-bond acceptors (Lipinski definition) is 6. The summed E-state index contributed by atoms with van der Waals surface area (Å²) >= 11 is 0. The Balaban J connectivity index is 1.25. The van der Waals surface area contributed by atoms with Crippen LogP contribution in [0.1, 0.15) is 29.0 Å². The molecule has 0 spiro atoms. The van der Waals surface area contributed by atoms with Crippen LogP contribution in [0.2, 0.25) is 0 Å². The van der Waals surface area contributed by atoms with Gasteiger partial charge in [-0.25, -0.2) is 9.59 Å². The molecular formula is C31H33N3O6. The number of rotatable bonds is 11. The second-order valence-electron chi connectivity index (χ2n) is 10.2. The van der Waals surface area contributed by atoms with Crippen molar-refractivity contribution in [3.8, 4) is 11.1 Å². The van der Waals surface area contributed by atoms with Crippen LogP contribution in [0.4, 0.5) is 4.79 Å². The average Bonchev–Trinajstić information content (AvgIpc) is 3.51. The summed E-state index contributed by atoms with van der Waals surface area (Å²) in [6, 6.07) is 26.2. The molecule has 0 aromatic heterocycles. The summed E-state index contributed by atoms with van der Waals surface area (Å²) in [6.45, 7) is 1.45. The number of hydrogen-bond donors (Lipinski definition) is 3. The van der Waals surface area contributed by atoms with Gasteiger partial charge in [-0.2, -0.15) is 0 Å². The van der Waals surface area contributed by atoms with Gasteiger partial charge in [-0.05, 0) is 34.2 Å². The Morgan fingerprint density at radius 3 is 2.25 bits per heavy atom. The smallest absolute Gasteiger partial charge is 0.408 e. The lowest BCUT2D eigenvalue weighted by Crippen LogP contribution is -2.60. The zero-order valence-corrected chi connectivity index (χ0v) is 22.2. The van der Waals surface area contributed by atoms with Crippen LogP contribution in [-0.2, 0) is 25.6 Å². The predicted octanol–water partition coefficient (Wildman–Crippen LogP) is 3.39. The minimum absolute atomic E-state index is 0.0484. The molecule has 1 unspecified atom stereocenters. The lowest BCUT2D eigenvalue weighted by atomic mass is 9.97. The van der Waals surface area contributed by atoms with Gasteiger partial charge in [-0.1, -0.05) is 78.9 Å². The quantitative estimate of drug-likeness (QED) is 0.318. The molecule has 3 aromatic carbocycles. The SMILES string of the molecule is O=C(O)COCCNC(=O)C1(NC(=O)OCC2c3ccccc3-c3ccccc32)CCN(Cc2ccccc2)C1. The Morgan fingerprint density at radius 1 is 0.925 bits per heavy atom. The fourth-order valence-electron chi connectivity index (χ4n) is 5.60. The lowest BCUT2D eigenvalue weighted by Gasteiger charge is -2.29. The minimum atomic E-state index is -1.19. The van der Waals surface area contributed by atoms with Crippen LogP contribution in [0, 0.1) is 0 Å². The number of carbonyl (C=O) groups excluding carboxylic acids is 2. The Hall–Kier alpha value is -4.21. The van der Waals surface area contributed by atoms with Crippen molar-refractivity contribution in [2.24, 2.45) is 0 Å². The van der Waals surface area contributed by atoms with Crippen LogP contribution >= 0.6 is 0 Å². The lowest BCUT2D eigenvalue weighted by molar-refractivity contribution is -0.142. The number of likely N-dealkylation sites (tertiary alicyclic amines) is 1. The Morgan fingerprint density at radius 2 is 1.57 bits per heavy atom. The first kappa shape index (κ1) is 27.4. The fraction of sp³-hybridized carbons (Fsp3) is 0.323. The number of carbonyl (C=O) groups is 3. The van der Waals surface area contributed by atoms with Crippen LogP contribution in [-0.4, -0.2) is 73.0 Å². The van der Waals surface area contributed by atoms with Gasteiger partial charge in [0, 0.05) is 32.1 Å². The van der Waals surface area contributed by atoms with Gasteiger partial charge in [0.25, 0.3) is 0 Å². The van der Waals surface area contributed by atoms with Gasteiger partial charge < -0.3 is 25.2 Å². The van der Waals surface area contributed by atoms with Gasteiger partial charge in [0.05, 0.1) is 6.61 Å². The monoisotopic (exact) mass is 543 g/mol. The van der Waals surface area contributed by atoms with Crippen molar-refractivity contribution in [3.05, 3.63) is 95.6 Å². The van der Waals surface area contributed by atoms with Gasteiger partial charge in [-0.15, -0.1) is 0 Å². The molecule has 1 atom stereocenters. The first-order valence-corrected chi connectivity index (χ1v) is 13.4. The number of fused-ring (bicyclic) bond motifs is 3. The van der Waals surface area contributed by atoms with Crippen molar-refractivity contribution in [3.63, 3.8) is 0 Å². The second-order valence-corrected chi connectivity index (χ2v) is 10.2. The number of amides is 2. The van der Waals surface area contributed by atoms with Crippen molar-refractivity contribution in [1.82, 2.24) is 15.5 Å². The molecule has 3 aromatic rings. The van der Waals surface area contributed by atoms with Crippen LogP contribution in [0.3, 0.4) is 0 Å². The van der Waals surface area contributed by atoms with Gasteiger partial charge >= 0.3 is 12.1 Å². The number of alkyl carbamates (subject to hydrolysis) is 1. The van der Waals surface area contributed by atoms with E-state index in [9.17, 15) is 14.4 Å². The number of carboxylic acids is 1. The first-order valence-electron chi connectivity index (χ1n) is 13.4. The van der Waals surface area contributed by atoms with Crippen LogP contribution in [0.25, 0.3) is 11.1 Å². The number of benzene rings is 3. The number of carboxylic acid groups (broad SMARTS) is 1. The van der Waals surface area contributed by atoms with Crippen LogP contribution in [0.5, 0.6) is 0 Å². The zero-order valence-electron chi connectivity index (χ0n) is 22.2. The van der Waals surface area contributed by atoms with Crippen molar-refractivity contribution in [2.45, 2.75) is 24.4 Å². The third-order valence-electron chi connectivity index (χ3n) is 7.47. The molecule has 2 amide bonds. The number of ether oxygens (including phenoxy) is 2. The third-order valence-corrected chi connectivity index (χ3v) is 7.47. The van der Waals surface area contributed by atoms with Crippen LogP contribution in [0.15, 0.2) is 78.9 Å².